The molecule has 2 aliphatic heterocycles. The zero-order valence-corrected chi connectivity index (χ0v) is 16.1. The van der Waals surface area contributed by atoms with Crippen molar-refractivity contribution in [1.82, 2.24) is 8.61 Å². The predicted octanol–water partition coefficient (Wildman–Crippen LogP) is 2.10. The number of esters is 1. The van der Waals surface area contributed by atoms with Crippen LogP contribution >= 0.6 is 0 Å². The van der Waals surface area contributed by atoms with Gasteiger partial charge >= 0.3 is 5.97 Å². The molecule has 0 amide bonds. The van der Waals surface area contributed by atoms with Crippen LogP contribution in [0.3, 0.4) is 0 Å². The topological polar surface area (TPSA) is 76.2 Å². The Balaban J connectivity index is 1.83. The van der Waals surface area contributed by atoms with Gasteiger partial charge in [0.2, 0.25) is 0 Å². The highest BCUT2D eigenvalue weighted by Gasteiger charge is 2.45. The van der Waals surface area contributed by atoms with E-state index >= 15 is 0 Å². The first kappa shape index (κ1) is 19.1. The van der Waals surface area contributed by atoms with Crippen LogP contribution in [0.4, 0.5) is 0 Å². The average molecular weight is 382 g/mol. The number of rotatable bonds is 6. The van der Waals surface area contributed by atoms with Crippen LogP contribution in [0.15, 0.2) is 24.3 Å². The molecular weight excluding hydrogens is 356 g/mol. The van der Waals surface area contributed by atoms with Gasteiger partial charge in [0.1, 0.15) is 11.8 Å². The van der Waals surface area contributed by atoms with Gasteiger partial charge in [0.25, 0.3) is 10.2 Å². The molecule has 2 fully saturated rings. The third kappa shape index (κ3) is 3.58. The molecule has 2 aliphatic rings. The Bertz CT molecular complexity index is 734. The van der Waals surface area contributed by atoms with E-state index in [-0.39, 0.29) is 12.6 Å². The van der Waals surface area contributed by atoms with Gasteiger partial charge in [-0.25, -0.2) is 0 Å². The monoisotopic (exact) mass is 382 g/mol. The molecule has 0 spiro atoms. The number of hydrogen-bond donors (Lipinski definition) is 0. The van der Waals surface area contributed by atoms with E-state index in [1.165, 1.54) is 8.61 Å². The molecule has 0 aliphatic carbocycles. The SMILES string of the molecule is CCOC(=O)C1CCCN1S(=O)(=O)N1CCCC1c1ccc(OC)cc1. The van der Waals surface area contributed by atoms with Crippen LogP contribution in [-0.2, 0) is 19.7 Å². The Morgan fingerprint density at radius 2 is 1.77 bits per heavy atom. The van der Waals surface area contributed by atoms with E-state index < -0.39 is 22.2 Å². The summed E-state index contributed by atoms with van der Waals surface area (Å²) < 4.78 is 39.7. The predicted molar refractivity (Wildman–Crippen MR) is 97.0 cm³/mol. The summed E-state index contributed by atoms with van der Waals surface area (Å²) in [4.78, 5) is 12.2. The van der Waals surface area contributed by atoms with Crippen molar-refractivity contribution >= 4 is 16.2 Å². The van der Waals surface area contributed by atoms with E-state index in [1.807, 2.05) is 24.3 Å². The van der Waals surface area contributed by atoms with E-state index in [0.717, 1.165) is 24.2 Å². The largest absolute Gasteiger partial charge is 0.497 e. The Kier molecular flexibility index (Phi) is 5.84. The van der Waals surface area contributed by atoms with Crippen LogP contribution in [0.2, 0.25) is 0 Å². The lowest BCUT2D eigenvalue weighted by molar-refractivity contribution is -0.146. The van der Waals surface area contributed by atoms with Crippen molar-refractivity contribution in [1.29, 1.82) is 0 Å². The zero-order chi connectivity index (χ0) is 18.7. The molecule has 0 N–H and O–H groups in total. The second-order valence-electron chi connectivity index (χ2n) is 6.57. The van der Waals surface area contributed by atoms with E-state index in [4.69, 9.17) is 9.47 Å². The quantitative estimate of drug-likeness (QED) is 0.705. The molecule has 1 aromatic rings. The number of hydrogen-bond acceptors (Lipinski definition) is 5. The minimum Gasteiger partial charge on any atom is -0.497 e. The molecule has 0 saturated carbocycles. The van der Waals surface area contributed by atoms with Crippen molar-refractivity contribution < 1.29 is 22.7 Å². The molecule has 26 heavy (non-hydrogen) atoms. The summed E-state index contributed by atoms with van der Waals surface area (Å²) in [6.45, 7) is 2.80. The highest BCUT2D eigenvalue weighted by Crippen LogP contribution is 2.37. The molecule has 8 heteroatoms. The first-order valence-electron chi connectivity index (χ1n) is 9.08. The fraction of sp³-hybridized carbons (Fsp3) is 0.611. The van der Waals surface area contributed by atoms with Gasteiger partial charge in [-0.3, -0.25) is 4.79 Å². The van der Waals surface area contributed by atoms with E-state index in [0.29, 0.717) is 25.9 Å². The number of nitrogens with zero attached hydrogens (tertiary/aromatic N) is 2. The minimum absolute atomic E-state index is 0.214. The summed E-state index contributed by atoms with van der Waals surface area (Å²) in [7, 11) is -2.13. The van der Waals surface area contributed by atoms with Crippen LogP contribution in [0.25, 0.3) is 0 Å². The summed E-state index contributed by atoms with van der Waals surface area (Å²) in [5, 5.41) is 0. The lowest BCUT2D eigenvalue weighted by atomic mass is 10.1. The van der Waals surface area contributed by atoms with Crippen LogP contribution < -0.4 is 4.74 Å². The van der Waals surface area contributed by atoms with Gasteiger partial charge in [0.05, 0.1) is 19.8 Å². The normalized spacial score (nSPS) is 24.7. The lowest BCUT2D eigenvalue weighted by Gasteiger charge is -2.31. The summed E-state index contributed by atoms with van der Waals surface area (Å²) in [6.07, 6.45) is 2.75. The molecule has 0 radical (unpaired) electrons. The van der Waals surface area contributed by atoms with Crippen molar-refractivity contribution in [2.24, 2.45) is 0 Å². The maximum absolute atomic E-state index is 13.3. The molecular formula is C18H26N2O5S. The number of methoxy groups -OCH3 is 1. The van der Waals surface area contributed by atoms with Crippen LogP contribution in [0.5, 0.6) is 5.75 Å². The summed E-state index contributed by atoms with van der Waals surface area (Å²) >= 11 is 0. The number of ether oxygens (including phenoxy) is 2. The highest BCUT2D eigenvalue weighted by molar-refractivity contribution is 7.86. The number of carbonyl (C=O) groups excluding carboxylic acids is 1. The Morgan fingerprint density at radius 3 is 2.42 bits per heavy atom. The van der Waals surface area contributed by atoms with Gasteiger partial charge in [-0.15, -0.1) is 0 Å². The first-order chi connectivity index (χ1) is 12.5. The van der Waals surface area contributed by atoms with Crippen molar-refractivity contribution in [2.45, 2.75) is 44.7 Å². The summed E-state index contributed by atoms with van der Waals surface area (Å²) in [5.74, 6) is 0.289. The molecule has 7 nitrogen and oxygen atoms in total. The fourth-order valence-corrected chi connectivity index (χ4v) is 5.85. The molecule has 3 rings (SSSR count). The lowest BCUT2D eigenvalue weighted by Crippen LogP contribution is -2.48. The summed E-state index contributed by atoms with van der Waals surface area (Å²) in [6, 6.07) is 6.58. The van der Waals surface area contributed by atoms with Gasteiger partial charge < -0.3 is 9.47 Å². The number of benzene rings is 1. The Morgan fingerprint density at radius 1 is 1.12 bits per heavy atom. The van der Waals surface area contributed by atoms with Crippen LogP contribution in [0.1, 0.15) is 44.2 Å². The third-order valence-corrected chi connectivity index (χ3v) is 7.12. The number of carbonyl (C=O) groups is 1. The molecule has 2 saturated heterocycles. The zero-order valence-electron chi connectivity index (χ0n) is 15.3. The second kappa shape index (κ2) is 7.94. The van der Waals surface area contributed by atoms with E-state index in [2.05, 4.69) is 0 Å². The van der Waals surface area contributed by atoms with Gasteiger partial charge in [-0.2, -0.15) is 17.0 Å². The van der Waals surface area contributed by atoms with Gasteiger partial charge in [0, 0.05) is 13.1 Å². The molecule has 2 unspecified atom stereocenters. The third-order valence-electron chi connectivity index (χ3n) is 5.06. The van der Waals surface area contributed by atoms with Crippen LogP contribution in [0, 0.1) is 0 Å². The Hall–Kier alpha value is -1.64. The van der Waals surface area contributed by atoms with E-state index in [1.54, 1.807) is 14.0 Å². The maximum atomic E-state index is 13.3. The molecule has 144 valence electrons. The molecule has 2 heterocycles. The highest BCUT2D eigenvalue weighted by atomic mass is 32.2. The average Bonchev–Trinajstić information content (AvgIpc) is 3.32. The molecule has 2 atom stereocenters. The van der Waals surface area contributed by atoms with Crippen LogP contribution in [-0.4, -0.2) is 55.8 Å². The van der Waals surface area contributed by atoms with Gasteiger partial charge in [-0.1, -0.05) is 12.1 Å². The fourth-order valence-electron chi connectivity index (χ4n) is 3.80. The molecule has 0 aromatic heterocycles. The van der Waals surface area contributed by atoms with E-state index in [9.17, 15) is 13.2 Å². The standard InChI is InChI=1S/C18H26N2O5S/c1-3-25-18(21)17-7-5-13-20(17)26(22,23)19-12-4-6-16(19)14-8-10-15(24-2)11-9-14/h8-11,16-17H,3-7,12-13H2,1-2H3. The van der Waals surface area contributed by atoms with Gasteiger partial charge in [0.15, 0.2) is 0 Å². The summed E-state index contributed by atoms with van der Waals surface area (Å²) in [5.41, 5.74) is 0.943. The van der Waals surface area contributed by atoms with Gasteiger partial charge in [-0.05, 0) is 50.3 Å². The minimum atomic E-state index is -3.73. The second-order valence-corrected chi connectivity index (χ2v) is 8.40. The van der Waals surface area contributed by atoms with Crippen molar-refractivity contribution in [3.05, 3.63) is 29.8 Å². The molecule has 0 bridgehead atoms. The first-order valence-corrected chi connectivity index (χ1v) is 10.5. The molecule has 1 aromatic carbocycles. The smallest absolute Gasteiger partial charge is 0.324 e. The Labute approximate surface area is 155 Å². The van der Waals surface area contributed by atoms with Crippen molar-refractivity contribution in [3.63, 3.8) is 0 Å². The maximum Gasteiger partial charge on any atom is 0.324 e. The van der Waals surface area contributed by atoms with Crippen molar-refractivity contribution in [3.8, 4) is 5.75 Å². The van der Waals surface area contributed by atoms with Crippen molar-refractivity contribution in [2.75, 3.05) is 26.8 Å².